The van der Waals surface area contributed by atoms with Crippen molar-refractivity contribution in [1.82, 2.24) is 29.3 Å². The van der Waals surface area contributed by atoms with E-state index in [1.54, 1.807) is 0 Å². The highest BCUT2D eigenvalue weighted by Crippen LogP contribution is 2.21. The summed E-state index contributed by atoms with van der Waals surface area (Å²) in [6, 6.07) is 4.38. The van der Waals surface area contributed by atoms with Crippen LogP contribution in [0.1, 0.15) is 62.6 Å². The van der Waals surface area contributed by atoms with Gasteiger partial charge in [0.05, 0.1) is 13.1 Å². The fraction of sp³-hybridized carbons (Fsp3) is 0.727. The van der Waals surface area contributed by atoms with E-state index in [2.05, 4.69) is 69.2 Å². The lowest BCUT2D eigenvalue weighted by atomic mass is 9.99. The van der Waals surface area contributed by atoms with Crippen LogP contribution in [0.15, 0.2) is 12.1 Å². The summed E-state index contributed by atoms with van der Waals surface area (Å²) in [7, 11) is 0. The third kappa shape index (κ3) is 4.18. The lowest BCUT2D eigenvalue weighted by molar-refractivity contribution is 0.173. The van der Waals surface area contributed by atoms with Gasteiger partial charge in [-0.05, 0) is 89.7 Å². The van der Waals surface area contributed by atoms with Crippen LogP contribution in [0.4, 0.5) is 0 Å². The van der Waals surface area contributed by atoms with Gasteiger partial charge >= 0.3 is 0 Å². The Morgan fingerprint density at radius 3 is 1.50 bits per heavy atom. The number of hydrogen-bond acceptors (Lipinski definition) is 4. The maximum Gasteiger partial charge on any atom is 0.167 e. The Morgan fingerprint density at radius 2 is 1.11 bits per heavy atom. The Kier molecular flexibility index (Phi) is 5.88. The fourth-order valence-corrected chi connectivity index (χ4v) is 4.59. The second-order valence-electron chi connectivity index (χ2n) is 9.19. The zero-order chi connectivity index (χ0) is 19.7. The highest BCUT2D eigenvalue weighted by atomic mass is 15.5. The molecule has 154 valence electrons. The molecule has 0 N–H and O–H groups in total. The predicted octanol–water partition coefficient (Wildman–Crippen LogP) is 3.47. The SMILES string of the molecule is Cc1ccc(C)n1-n1c(CN2CCC(C)CC2)nnc1CN1CCC(C)CC1. The molecule has 2 aliphatic heterocycles. The van der Waals surface area contributed by atoms with Gasteiger partial charge in [0.15, 0.2) is 11.6 Å². The summed E-state index contributed by atoms with van der Waals surface area (Å²) in [4.78, 5) is 5.09. The summed E-state index contributed by atoms with van der Waals surface area (Å²) in [5.74, 6) is 3.83. The lowest BCUT2D eigenvalue weighted by Crippen LogP contribution is -2.35. The third-order valence-corrected chi connectivity index (χ3v) is 6.69. The van der Waals surface area contributed by atoms with Crippen molar-refractivity contribution in [2.75, 3.05) is 26.2 Å². The van der Waals surface area contributed by atoms with Gasteiger partial charge in [-0.3, -0.25) is 14.5 Å². The normalized spacial score (nSPS) is 20.9. The van der Waals surface area contributed by atoms with Crippen molar-refractivity contribution in [2.45, 2.75) is 66.5 Å². The minimum absolute atomic E-state index is 0.847. The zero-order valence-electron chi connectivity index (χ0n) is 18.1. The van der Waals surface area contributed by atoms with E-state index >= 15 is 0 Å². The molecule has 28 heavy (non-hydrogen) atoms. The molecule has 2 aliphatic rings. The van der Waals surface area contributed by atoms with Gasteiger partial charge in [-0.15, -0.1) is 10.2 Å². The first-order chi connectivity index (χ1) is 13.5. The molecule has 0 amide bonds. The van der Waals surface area contributed by atoms with Crippen molar-refractivity contribution in [2.24, 2.45) is 11.8 Å². The first kappa shape index (κ1) is 19.6. The Balaban J connectivity index is 1.60. The van der Waals surface area contributed by atoms with E-state index in [0.29, 0.717) is 0 Å². The molecule has 0 aliphatic carbocycles. The molecule has 2 aromatic heterocycles. The Hall–Kier alpha value is -1.66. The third-order valence-electron chi connectivity index (χ3n) is 6.69. The molecule has 0 aromatic carbocycles. The number of likely N-dealkylation sites (tertiary alicyclic amines) is 2. The molecule has 4 heterocycles. The average Bonchev–Trinajstić information content (AvgIpc) is 3.21. The molecule has 0 saturated carbocycles. The van der Waals surface area contributed by atoms with Crippen molar-refractivity contribution in [3.8, 4) is 0 Å². The van der Waals surface area contributed by atoms with E-state index < -0.39 is 0 Å². The molecule has 2 fully saturated rings. The molecule has 2 aromatic rings. The molecule has 2 saturated heterocycles. The maximum absolute atomic E-state index is 4.67. The zero-order valence-corrected chi connectivity index (χ0v) is 18.1. The van der Waals surface area contributed by atoms with Crippen molar-refractivity contribution >= 4 is 0 Å². The van der Waals surface area contributed by atoms with E-state index in [0.717, 1.165) is 62.8 Å². The Morgan fingerprint density at radius 1 is 0.714 bits per heavy atom. The summed E-state index contributed by atoms with van der Waals surface area (Å²) in [6.07, 6.45) is 5.14. The van der Waals surface area contributed by atoms with Crippen LogP contribution >= 0.6 is 0 Å². The quantitative estimate of drug-likeness (QED) is 0.792. The van der Waals surface area contributed by atoms with Gasteiger partial charge in [0.2, 0.25) is 0 Å². The average molecular weight is 385 g/mol. The predicted molar refractivity (Wildman–Crippen MR) is 112 cm³/mol. The molecular weight excluding hydrogens is 348 g/mol. The van der Waals surface area contributed by atoms with Crippen LogP contribution in [0.3, 0.4) is 0 Å². The second-order valence-corrected chi connectivity index (χ2v) is 9.19. The van der Waals surface area contributed by atoms with Crippen LogP contribution in [0.2, 0.25) is 0 Å². The summed E-state index contributed by atoms with van der Waals surface area (Å²) < 4.78 is 4.59. The number of piperidine rings is 2. The smallest absolute Gasteiger partial charge is 0.167 e. The highest BCUT2D eigenvalue weighted by molar-refractivity contribution is 5.16. The van der Waals surface area contributed by atoms with Gasteiger partial charge in [0.1, 0.15) is 0 Å². The topological polar surface area (TPSA) is 42.1 Å². The molecule has 6 nitrogen and oxygen atoms in total. The van der Waals surface area contributed by atoms with Crippen molar-refractivity contribution in [3.63, 3.8) is 0 Å². The minimum atomic E-state index is 0.847. The first-order valence-corrected chi connectivity index (χ1v) is 11.0. The van der Waals surface area contributed by atoms with Gasteiger partial charge < -0.3 is 0 Å². The van der Waals surface area contributed by atoms with Gasteiger partial charge in [-0.1, -0.05) is 13.8 Å². The van der Waals surface area contributed by atoms with Crippen molar-refractivity contribution in [1.29, 1.82) is 0 Å². The molecule has 0 atom stereocenters. The van der Waals surface area contributed by atoms with Gasteiger partial charge in [-0.2, -0.15) is 0 Å². The van der Waals surface area contributed by atoms with Crippen LogP contribution in [0.25, 0.3) is 0 Å². The summed E-state index contributed by atoms with van der Waals surface area (Å²) >= 11 is 0. The largest absolute Gasteiger partial charge is 0.296 e. The minimum Gasteiger partial charge on any atom is -0.296 e. The van der Waals surface area contributed by atoms with Crippen LogP contribution in [0.5, 0.6) is 0 Å². The van der Waals surface area contributed by atoms with E-state index in [-0.39, 0.29) is 0 Å². The van der Waals surface area contributed by atoms with Gasteiger partial charge in [0.25, 0.3) is 0 Å². The fourth-order valence-electron chi connectivity index (χ4n) is 4.59. The Labute approximate surface area is 169 Å². The molecule has 0 spiro atoms. The molecule has 6 heteroatoms. The van der Waals surface area contributed by atoms with E-state index in [4.69, 9.17) is 0 Å². The van der Waals surface area contributed by atoms with Crippen LogP contribution in [0, 0.1) is 25.7 Å². The van der Waals surface area contributed by atoms with Crippen LogP contribution < -0.4 is 0 Å². The summed E-state index contributed by atoms with van der Waals surface area (Å²) in [6.45, 7) is 15.5. The number of nitrogens with zero attached hydrogens (tertiary/aromatic N) is 6. The number of rotatable bonds is 5. The molecule has 0 bridgehead atoms. The monoisotopic (exact) mass is 384 g/mol. The van der Waals surface area contributed by atoms with Crippen molar-refractivity contribution in [3.05, 3.63) is 35.2 Å². The van der Waals surface area contributed by atoms with E-state index in [1.807, 2.05) is 0 Å². The van der Waals surface area contributed by atoms with E-state index in [1.165, 1.54) is 37.1 Å². The number of aryl methyl sites for hydroxylation is 2. The Bertz CT molecular complexity index is 714. The number of aromatic nitrogens is 4. The first-order valence-electron chi connectivity index (χ1n) is 11.0. The number of hydrogen-bond donors (Lipinski definition) is 0. The van der Waals surface area contributed by atoms with Crippen LogP contribution in [-0.2, 0) is 13.1 Å². The van der Waals surface area contributed by atoms with Gasteiger partial charge in [0, 0.05) is 11.4 Å². The standard InChI is InChI=1S/C22H36N6/c1-17-7-11-25(12-8-17)15-21-23-24-22(16-26-13-9-18(2)10-14-26)28(21)27-19(3)5-6-20(27)4/h5-6,17-18H,7-16H2,1-4H3. The second kappa shape index (κ2) is 8.37. The lowest BCUT2D eigenvalue weighted by Gasteiger charge is -2.31. The van der Waals surface area contributed by atoms with Gasteiger partial charge in [-0.25, -0.2) is 4.68 Å². The van der Waals surface area contributed by atoms with Crippen molar-refractivity contribution < 1.29 is 0 Å². The maximum atomic E-state index is 4.67. The molecule has 0 radical (unpaired) electrons. The van der Waals surface area contributed by atoms with Crippen LogP contribution in [-0.4, -0.2) is 55.5 Å². The molecule has 4 rings (SSSR count). The molecular formula is C22H36N6. The van der Waals surface area contributed by atoms with E-state index in [9.17, 15) is 0 Å². The highest BCUT2D eigenvalue weighted by Gasteiger charge is 2.24. The molecule has 0 unspecified atom stereocenters. The summed E-state index contributed by atoms with van der Waals surface area (Å²) in [5.41, 5.74) is 2.47. The summed E-state index contributed by atoms with van der Waals surface area (Å²) in [5, 5.41) is 9.34.